The first-order chi connectivity index (χ1) is 13.6. The van der Waals surface area contributed by atoms with Crippen LogP contribution >= 0.6 is 0 Å². The van der Waals surface area contributed by atoms with Crippen molar-refractivity contribution in [1.29, 1.82) is 0 Å². The summed E-state index contributed by atoms with van der Waals surface area (Å²) in [6.45, 7) is 2.79. The van der Waals surface area contributed by atoms with Crippen LogP contribution in [0.1, 0.15) is 122 Å². The smallest absolute Gasteiger partial charge is 0.278 e. The van der Waals surface area contributed by atoms with Gasteiger partial charge in [-0.3, -0.25) is 4.79 Å². The van der Waals surface area contributed by atoms with Gasteiger partial charge in [-0.25, -0.2) is 0 Å². The Balaban J connectivity index is 3.10. The predicted molar refractivity (Wildman–Crippen MR) is 113 cm³/mol. The molecule has 0 saturated carbocycles. The molecule has 0 aromatic rings. The number of carboxylic acids is 1. The van der Waals surface area contributed by atoms with Crippen molar-refractivity contribution in [2.24, 2.45) is 0 Å². The maximum Gasteiger partial charge on any atom is 0.278 e. The quantitative estimate of drug-likeness (QED) is 0.290. The molecular weight excluding hydrogens is 352 g/mol. The highest BCUT2D eigenvalue weighted by molar-refractivity contribution is 5.79. The summed E-state index contributed by atoms with van der Waals surface area (Å²) >= 11 is 0. The average molecular weight is 399 g/mol. The zero-order valence-corrected chi connectivity index (χ0v) is 18.4. The molecule has 0 aromatic carbocycles. The molecule has 5 nitrogen and oxygen atoms in total. The highest BCUT2D eigenvalue weighted by Gasteiger charge is 2.12. The van der Waals surface area contributed by atoms with Crippen molar-refractivity contribution in [3.05, 3.63) is 0 Å². The molecule has 0 fully saturated rings. The molecule has 166 valence electrons. The number of unbranched alkanes of at least 4 members (excludes halogenated alkanes) is 15. The van der Waals surface area contributed by atoms with Crippen molar-refractivity contribution in [3.8, 4) is 0 Å². The van der Waals surface area contributed by atoms with E-state index in [-0.39, 0.29) is 18.4 Å². The van der Waals surface area contributed by atoms with Gasteiger partial charge in [0.25, 0.3) is 5.91 Å². The molecule has 28 heavy (non-hydrogen) atoms. The lowest BCUT2D eigenvalue weighted by molar-refractivity contribution is -0.404. The number of hydrogen-bond acceptors (Lipinski definition) is 3. The minimum Gasteiger partial charge on any atom is -0.550 e. The van der Waals surface area contributed by atoms with E-state index in [2.05, 4.69) is 11.1 Å². The molecule has 0 rings (SSSR count). The fourth-order valence-electron chi connectivity index (χ4n) is 3.41. The number of nitrogens with one attached hydrogen (secondary N) is 1. The van der Waals surface area contributed by atoms with Gasteiger partial charge in [-0.1, -0.05) is 96.8 Å². The first-order valence-electron chi connectivity index (χ1n) is 11.9. The molecule has 0 aliphatic rings. The summed E-state index contributed by atoms with van der Waals surface area (Å²) < 4.78 is 0. The van der Waals surface area contributed by atoms with E-state index in [1.165, 1.54) is 77.0 Å². The first kappa shape index (κ1) is 26.9. The molecule has 1 amide bonds. The monoisotopic (exact) mass is 398 g/mol. The number of quaternary nitrogens is 1. The lowest BCUT2D eigenvalue weighted by Crippen LogP contribution is -2.67. The Kier molecular flexibility index (Phi) is 19.8. The van der Waals surface area contributed by atoms with Crippen LogP contribution in [0.25, 0.3) is 0 Å². The second-order valence-corrected chi connectivity index (χ2v) is 8.18. The maximum atomic E-state index is 11.6. The van der Waals surface area contributed by atoms with Gasteiger partial charge in [-0.05, 0) is 19.3 Å². The molecule has 4 N–H and O–H groups in total. The van der Waals surface area contributed by atoms with Crippen LogP contribution in [0.3, 0.4) is 0 Å². The number of aliphatic carboxylic acids is 1. The molecule has 5 heteroatoms. The summed E-state index contributed by atoms with van der Waals surface area (Å²) in [5.74, 6) is -0.823. The Morgan fingerprint density at radius 2 is 1.07 bits per heavy atom. The third-order valence-electron chi connectivity index (χ3n) is 5.47. The van der Waals surface area contributed by atoms with Crippen LogP contribution in [0.5, 0.6) is 0 Å². The van der Waals surface area contributed by atoms with E-state index in [4.69, 9.17) is 0 Å². The normalized spacial score (nSPS) is 12.1. The van der Waals surface area contributed by atoms with Crippen molar-refractivity contribution in [2.75, 3.05) is 6.54 Å². The van der Waals surface area contributed by atoms with E-state index in [0.29, 0.717) is 0 Å². The van der Waals surface area contributed by atoms with E-state index in [0.717, 1.165) is 38.6 Å². The fourth-order valence-corrected chi connectivity index (χ4v) is 3.41. The third-order valence-corrected chi connectivity index (χ3v) is 5.47. The van der Waals surface area contributed by atoms with E-state index in [1.807, 2.05) is 6.92 Å². The summed E-state index contributed by atoms with van der Waals surface area (Å²) in [6, 6.07) is -0.103. The van der Waals surface area contributed by atoms with Gasteiger partial charge >= 0.3 is 0 Å². The largest absolute Gasteiger partial charge is 0.550 e. The van der Waals surface area contributed by atoms with E-state index in [9.17, 15) is 14.7 Å². The van der Waals surface area contributed by atoms with Crippen molar-refractivity contribution < 1.29 is 20.4 Å². The molecular formula is C23H46N2O3. The van der Waals surface area contributed by atoms with Gasteiger partial charge in [-0.15, -0.1) is 0 Å². The topological polar surface area (TPSA) is 96.9 Å². The third kappa shape index (κ3) is 19.7. The van der Waals surface area contributed by atoms with Crippen LogP contribution in [0.2, 0.25) is 0 Å². The average Bonchev–Trinajstić information content (AvgIpc) is 2.68. The van der Waals surface area contributed by atoms with Crippen molar-refractivity contribution in [3.63, 3.8) is 0 Å². The standard InChI is InChI=1S/C23H46N2O3/c1-2-21(24)23(28)25-20-18-16-14-12-10-8-6-4-3-5-7-9-11-13-15-17-19-22(26)27/h21H,2-20,24H2,1H3,(H,25,28)(H,26,27). The maximum absolute atomic E-state index is 11.6. The van der Waals surface area contributed by atoms with Gasteiger partial charge in [-0.2, -0.15) is 0 Å². The fraction of sp³-hybridized carbons (Fsp3) is 0.913. The van der Waals surface area contributed by atoms with Gasteiger partial charge in [0.15, 0.2) is 6.04 Å². The zero-order valence-electron chi connectivity index (χ0n) is 18.4. The summed E-state index contributed by atoms with van der Waals surface area (Å²) in [5.41, 5.74) is 3.83. The summed E-state index contributed by atoms with van der Waals surface area (Å²) in [5, 5.41) is 13.3. The van der Waals surface area contributed by atoms with Crippen molar-refractivity contribution in [2.45, 2.75) is 129 Å². The molecule has 0 saturated heterocycles. The number of hydrogen-bond donors (Lipinski definition) is 2. The summed E-state index contributed by atoms with van der Waals surface area (Å²) in [7, 11) is 0. The zero-order chi connectivity index (χ0) is 20.9. The second kappa shape index (κ2) is 20.6. The van der Waals surface area contributed by atoms with Crippen LogP contribution in [-0.2, 0) is 9.59 Å². The van der Waals surface area contributed by atoms with E-state index >= 15 is 0 Å². The highest BCUT2D eigenvalue weighted by Crippen LogP contribution is 2.13. The SMILES string of the molecule is CCC([NH3+])C(=O)NCCCCCCCCCCCCCCCCCCC(=O)[O-]. The van der Waals surface area contributed by atoms with Crippen LogP contribution in [0, 0.1) is 0 Å². The first-order valence-corrected chi connectivity index (χ1v) is 11.9. The predicted octanol–water partition coefficient (Wildman–Crippen LogP) is 3.50. The minimum atomic E-state index is -0.916. The van der Waals surface area contributed by atoms with Gasteiger partial charge in [0, 0.05) is 18.9 Å². The van der Waals surface area contributed by atoms with Crippen LogP contribution in [0.15, 0.2) is 0 Å². The molecule has 1 atom stereocenters. The Hall–Kier alpha value is -1.10. The highest BCUT2D eigenvalue weighted by atomic mass is 16.4. The molecule has 0 heterocycles. The number of carboxylic acid groups (broad SMARTS) is 1. The summed E-state index contributed by atoms with van der Waals surface area (Å²) in [6.07, 6.45) is 20.9. The number of rotatable bonds is 21. The van der Waals surface area contributed by atoms with Crippen molar-refractivity contribution >= 4 is 11.9 Å². The number of amides is 1. The summed E-state index contributed by atoms with van der Waals surface area (Å²) in [4.78, 5) is 21.9. The van der Waals surface area contributed by atoms with Gasteiger partial charge in [0.2, 0.25) is 0 Å². The molecule has 0 aliphatic carbocycles. The molecule has 0 spiro atoms. The van der Waals surface area contributed by atoms with E-state index in [1.54, 1.807) is 0 Å². The minimum absolute atomic E-state index is 0.0935. The lowest BCUT2D eigenvalue weighted by Gasteiger charge is -2.07. The molecule has 0 radical (unpaired) electrons. The van der Waals surface area contributed by atoms with Crippen molar-refractivity contribution in [1.82, 2.24) is 5.32 Å². The molecule has 0 aliphatic heterocycles. The van der Waals surface area contributed by atoms with Crippen LogP contribution < -0.4 is 16.2 Å². The van der Waals surface area contributed by atoms with Gasteiger partial charge in [0.1, 0.15) is 0 Å². The molecule has 0 aromatic heterocycles. The molecule has 1 unspecified atom stereocenters. The Bertz CT molecular complexity index is 375. The van der Waals surface area contributed by atoms with Crippen LogP contribution in [0.4, 0.5) is 0 Å². The Morgan fingerprint density at radius 1 is 0.714 bits per heavy atom. The number of carbonyl (C=O) groups excluding carboxylic acids is 2. The van der Waals surface area contributed by atoms with E-state index < -0.39 is 5.97 Å². The van der Waals surface area contributed by atoms with Gasteiger partial charge in [0.05, 0.1) is 0 Å². The second-order valence-electron chi connectivity index (χ2n) is 8.18. The van der Waals surface area contributed by atoms with Gasteiger partial charge < -0.3 is 21.0 Å². The lowest BCUT2D eigenvalue weighted by atomic mass is 10.0. The Labute approximate surface area is 173 Å². The van der Waals surface area contributed by atoms with Crippen LogP contribution in [-0.4, -0.2) is 24.5 Å². The Morgan fingerprint density at radius 3 is 1.43 bits per heavy atom. The number of carbonyl (C=O) groups is 2. The molecule has 0 bridgehead atoms.